The van der Waals surface area contributed by atoms with Crippen LogP contribution in [0.5, 0.6) is 0 Å². The highest BCUT2D eigenvalue weighted by atomic mass is 35.5. The largest absolute Gasteiger partial charge is 0.371 e. The topological polar surface area (TPSA) is 37.8 Å². The van der Waals surface area contributed by atoms with Crippen molar-refractivity contribution in [3.63, 3.8) is 0 Å². The van der Waals surface area contributed by atoms with Crippen molar-refractivity contribution in [2.24, 2.45) is 0 Å². The minimum Gasteiger partial charge on any atom is -0.371 e. The van der Waals surface area contributed by atoms with E-state index in [1.807, 2.05) is 0 Å². The maximum atomic E-state index is 5.62. The number of halogens is 3. The van der Waals surface area contributed by atoms with Gasteiger partial charge in [-0.25, -0.2) is 9.97 Å². The predicted octanol–water partition coefficient (Wildman–Crippen LogP) is 2.48. The second kappa shape index (κ2) is 3.43. The SMILES string of the molecule is CNc1nc(Cl)c(Cl)nc1Cl. The van der Waals surface area contributed by atoms with Crippen molar-refractivity contribution in [1.82, 2.24) is 9.97 Å². The van der Waals surface area contributed by atoms with E-state index in [1.54, 1.807) is 7.05 Å². The Kier molecular flexibility index (Phi) is 2.76. The average molecular weight is 212 g/mol. The van der Waals surface area contributed by atoms with Crippen LogP contribution in [0.1, 0.15) is 0 Å². The van der Waals surface area contributed by atoms with E-state index in [1.165, 1.54) is 0 Å². The van der Waals surface area contributed by atoms with E-state index < -0.39 is 0 Å². The van der Waals surface area contributed by atoms with E-state index >= 15 is 0 Å². The van der Waals surface area contributed by atoms with Crippen LogP contribution in [0.4, 0.5) is 5.82 Å². The van der Waals surface area contributed by atoms with Crippen molar-refractivity contribution in [1.29, 1.82) is 0 Å². The molecule has 1 aromatic rings. The molecule has 0 aromatic carbocycles. The minimum atomic E-state index is 0.107. The van der Waals surface area contributed by atoms with E-state index in [9.17, 15) is 0 Å². The number of anilines is 1. The summed E-state index contributed by atoms with van der Waals surface area (Å²) in [5.41, 5.74) is 0. The molecule has 60 valence electrons. The monoisotopic (exact) mass is 211 g/mol. The Labute approximate surface area is 78.7 Å². The van der Waals surface area contributed by atoms with E-state index in [-0.39, 0.29) is 15.5 Å². The Morgan fingerprint density at radius 1 is 1.00 bits per heavy atom. The van der Waals surface area contributed by atoms with Gasteiger partial charge in [0.15, 0.2) is 21.3 Å². The molecule has 0 saturated carbocycles. The van der Waals surface area contributed by atoms with Crippen molar-refractivity contribution in [2.75, 3.05) is 12.4 Å². The number of hydrogen-bond acceptors (Lipinski definition) is 3. The Morgan fingerprint density at radius 3 is 2.09 bits per heavy atom. The lowest BCUT2D eigenvalue weighted by atomic mass is 10.6. The average Bonchev–Trinajstić information content (AvgIpc) is 1.97. The summed E-state index contributed by atoms with van der Waals surface area (Å²) in [5, 5.41) is 3.17. The molecular formula is C5H4Cl3N3. The summed E-state index contributed by atoms with van der Waals surface area (Å²) in [5.74, 6) is 0.418. The Balaban J connectivity index is 3.21. The molecule has 0 aliphatic carbocycles. The van der Waals surface area contributed by atoms with Crippen molar-refractivity contribution in [3.8, 4) is 0 Å². The molecule has 1 rings (SSSR count). The first-order chi connectivity index (χ1) is 5.15. The van der Waals surface area contributed by atoms with Crippen LogP contribution in [0.15, 0.2) is 0 Å². The zero-order valence-corrected chi connectivity index (χ0v) is 7.80. The lowest BCUT2D eigenvalue weighted by molar-refractivity contribution is 1.19. The van der Waals surface area contributed by atoms with Gasteiger partial charge in [-0.2, -0.15) is 0 Å². The van der Waals surface area contributed by atoms with Crippen LogP contribution in [-0.4, -0.2) is 17.0 Å². The van der Waals surface area contributed by atoms with Crippen LogP contribution in [0.3, 0.4) is 0 Å². The van der Waals surface area contributed by atoms with Gasteiger partial charge in [0.05, 0.1) is 0 Å². The summed E-state index contributed by atoms with van der Waals surface area (Å²) >= 11 is 16.7. The molecule has 0 aliphatic heterocycles. The normalized spacial score (nSPS) is 9.82. The molecule has 0 aliphatic rings. The van der Waals surface area contributed by atoms with Crippen LogP contribution in [-0.2, 0) is 0 Å². The second-order valence-corrected chi connectivity index (χ2v) is 2.77. The zero-order chi connectivity index (χ0) is 8.43. The van der Waals surface area contributed by atoms with Gasteiger partial charge >= 0.3 is 0 Å². The third-order valence-electron chi connectivity index (χ3n) is 1.01. The van der Waals surface area contributed by atoms with Crippen molar-refractivity contribution in [2.45, 2.75) is 0 Å². The van der Waals surface area contributed by atoms with Gasteiger partial charge in [-0.05, 0) is 0 Å². The number of aromatic nitrogens is 2. The first-order valence-electron chi connectivity index (χ1n) is 2.71. The maximum absolute atomic E-state index is 5.62. The third-order valence-corrected chi connectivity index (χ3v) is 1.90. The van der Waals surface area contributed by atoms with Gasteiger partial charge in [-0.3, -0.25) is 0 Å². The summed E-state index contributed by atoms with van der Waals surface area (Å²) < 4.78 is 0. The van der Waals surface area contributed by atoms with Gasteiger partial charge in [-0.1, -0.05) is 34.8 Å². The molecule has 0 unspecified atom stereocenters. The molecule has 1 heterocycles. The quantitative estimate of drug-likeness (QED) is 0.777. The Hall–Kier alpha value is -0.250. The van der Waals surface area contributed by atoms with E-state index in [0.717, 1.165) is 0 Å². The summed E-state index contributed by atoms with van der Waals surface area (Å²) in [6.07, 6.45) is 0. The van der Waals surface area contributed by atoms with Crippen molar-refractivity contribution in [3.05, 3.63) is 15.5 Å². The van der Waals surface area contributed by atoms with Gasteiger partial charge < -0.3 is 5.32 Å². The molecule has 0 bridgehead atoms. The van der Waals surface area contributed by atoms with Gasteiger partial charge in [0.1, 0.15) is 0 Å². The lowest BCUT2D eigenvalue weighted by Gasteiger charge is -2.01. The second-order valence-electron chi connectivity index (χ2n) is 1.69. The van der Waals surface area contributed by atoms with Gasteiger partial charge in [0.25, 0.3) is 0 Å². The van der Waals surface area contributed by atoms with E-state index in [2.05, 4.69) is 15.3 Å². The molecule has 6 heteroatoms. The fraction of sp³-hybridized carbons (Fsp3) is 0.200. The summed E-state index contributed by atoms with van der Waals surface area (Å²) in [4.78, 5) is 7.54. The standard InChI is InChI=1S/C5H4Cl3N3/c1-9-5-4(8)10-2(6)3(7)11-5/h1H3,(H,9,11). The minimum absolute atomic E-state index is 0.107. The fourth-order valence-electron chi connectivity index (χ4n) is 0.535. The molecule has 1 N–H and O–H groups in total. The highest BCUT2D eigenvalue weighted by Gasteiger charge is 2.06. The van der Waals surface area contributed by atoms with Crippen molar-refractivity contribution < 1.29 is 0 Å². The zero-order valence-electron chi connectivity index (χ0n) is 5.53. The van der Waals surface area contributed by atoms with Gasteiger partial charge in [0, 0.05) is 7.05 Å². The van der Waals surface area contributed by atoms with E-state index in [4.69, 9.17) is 34.8 Å². The first-order valence-corrected chi connectivity index (χ1v) is 3.85. The Bertz CT molecular complexity index is 276. The smallest absolute Gasteiger partial charge is 0.173 e. The Morgan fingerprint density at radius 2 is 1.55 bits per heavy atom. The third kappa shape index (κ3) is 1.86. The molecule has 0 atom stereocenters. The highest BCUT2D eigenvalue weighted by Crippen LogP contribution is 2.24. The van der Waals surface area contributed by atoms with Gasteiger partial charge in [0.2, 0.25) is 0 Å². The molecule has 0 amide bonds. The molecule has 0 saturated heterocycles. The molecular weight excluding hydrogens is 208 g/mol. The van der Waals surface area contributed by atoms with Crippen LogP contribution >= 0.6 is 34.8 Å². The highest BCUT2D eigenvalue weighted by molar-refractivity contribution is 6.41. The number of hydrogen-bond donors (Lipinski definition) is 1. The maximum Gasteiger partial charge on any atom is 0.173 e. The lowest BCUT2D eigenvalue weighted by Crippen LogP contribution is -1.96. The van der Waals surface area contributed by atoms with Crippen LogP contribution in [0.2, 0.25) is 15.5 Å². The molecule has 0 spiro atoms. The van der Waals surface area contributed by atoms with Crippen LogP contribution in [0.25, 0.3) is 0 Å². The van der Waals surface area contributed by atoms with Crippen molar-refractivity contribution >= 4 is 40.6 Å². The summed E-state index contributed by atoms with van der Waals surface area (Å²) in [6.45, 7) is 0. The molecule has 0 radical (unpaired) electrons. The fourth-order valence-corrected chi connectivity index (χ4v) is 1.05. The van der Waals surface area contributed by atoms with E-state index in [0.29, 0.717) is 5.82 Å². The number of nitrogens with one attached hydrogen (secondary N) is 1. The number of nitrogens with zero attached hydrogens (tertiary/aromatic N) is 2. The number of rotatable bonds is 1. The van der Waals surface area contributed by atoms with Crippen LogP contribution < -0.4 is 5.32 Å². The molecule has 11 heavy (non-hydrogen) atoms. The molecule has 1 aromatic heterocycles. The molecule has 3 nitrogen and oxygen atoms in total. The summed E-state index contributed by atoms with van der Waals surface area (Å²) in [7, 11) is 1.67. The first kappa shape index (κ1) is 8.84. The summed E-state index contributed by atoms with van der Waals surface area (Å²) in [6, 6.07) is 0. The predicted molar refractivity (Wildman–Crippen MR) is 46.6 cm³/mol. The molecule has 0 fully saturated rings. The van der Waals surface area contributed by atoms with Crippen LogP contribution in [0, 0.1) is 0 Å². The van der Waals surface area contributed by atoms with Gasteiger partial charge in [-0.15, -0.1) is 0 Å².